The van der Waals surface area contributed by atoms with Gasteiger partial charge in [-0.05, 0) is 31.5 Å². The molecular formula is C14H19ClN2O3S. The summed E-state index contributed by atoms with van der Waals surface area (Å²) in [5, 5.41) is 3.72. The van der Waals surface area contributed by atoms with Gasteiger partial charge in [-0.3, -0.25) is 10.1 Å². The average molecular weight is 331 g/mol. The van der Waals surface area contributed by atoms with Crippen molar-refractivity contribution < 1.29 is 13.2 Å². The molecule has 0 bridgehead atoms. The molecule has 0 radical (unpaired) electrons. The Morgan fingerprint density at radius 1 is 1.33 bits per heavy atom. The molecule has 7 heteroatoms. The van der Waals surface area contributed by atoms with E-state index in [0.29, 0.717) is 5.02 Å². The molecule has 0 aromatic heterocycles. The highest BCUT2D eigenvalue weighted by Gasteiger charge is 2.39. The van der Waals surface area contributed by atoms with Crippen LogP contribution < -0.4 is 5.32 Å². The normalized spacial score (nSPS) is 20.1. The van der Waals surface area contributed by atoms with Crippen LogP contribution in [0.25, 0.3) is 0 Å². The largest absolute Gasteiger partial charge is 0.320 e. The Balaban J connectivity index is 2.28. The van der Waals surface area contributed by atoms with Crippen LogP contribution in [0.1, 0.15) is 25.6 Å². The molecule has 1 saturated heterocycles. The van der Waals surface area contributed by atoms with Crippen molar-refractivity contribution in [3.05, 3.63) is 34.9 Å². The van der Waals surface area contributed by atoms with Gasteiger partial charge in [-0.2, -0.15) is 0 Å². The van der Waals surface area contributed by atoms with Gasteiger partial charge in [-0.25, -0.2) is 8.42 Å². The number of sulfone groups is 1. The Bertz CT molecular complexity index is 641. The van der Waals surface area contributed by atoms with Gasteiger partial charge in [0.2, 0.25) is 5.91 Å². The fraction of sp³-hybridized carbons (Fsp3) is 0.500. The zero-order valence-corrected chi connectivity index (χ0v) is 13.8. The number of nitrogens with one attached hydrogen (secondary N) is 1. The summed E-state index contributed by atoms with van der Waals surface area (Å²) in [5.74, 6) is -0.105. The summed E-state index contributed by atoms with van der Waals surface area (Å²) in [6, 6.07) is 7.17. The fourth-order valence-electron chi connectivity index (χ4n) is 2.19. The SMILES string of the molecule is CC(C)(CN1C(=O)CNC1c1ccc(Cl)cc1)S(C)(=O)=O. The smallest absolute Gasteiger partial charge is 0.238 e. The van der Waals surface area contributed by atoms with E-state index in [0.717, 1.165) is 5.56 Å². The summed E-state index contributed by atoms with van der Waals surface area (Å²) >= 11 is 5.87. The van der Waals surface area contributed by atoms with Crippen molar-refractivity contribution in [3.63, 3.8) is 0 Å². The summed E-state index contributed by atoms with van der Waals surface area (Å²) in [4.78, 5) is 13.6. The van der Waals surface area contributed by atoms with Crippen LogP contribution in [0.4, 0.5) is 0 Å². The molecule has 0 aliphatic carbocycles. The number of hydrogen-bond acceptors (Lipinski definition) is 4. The lowest BCUT2D eigenvalue weighted by Crippen LogP contribution is -2.46. The predicted molar refractivity (Wildman–Crippen MR) is 82.8 cm³/mol. The zero-order valence-electron chi connectivity index (χ0n) is 12.3. The summed E-state index contributed by atoms with van der Waals surface area (Å²) in [5.41, 5.74) is 0.884. The lowest BCUT2D eigenvalue weighted by molar-refractivity contribution is -0.128. The molecule has 1 amide bonds. The summed E-state index contributed by atoms with van der Waals surface area (Å²) in [6.45, 7) is 3.61. The molecule has 1 aromatic carbocycles. The molecule has 1 unspecified atom stereocenters. The standard InChI is InChI=1S/C14H19ClN2O3S/c1-14(2,21(3,19)20)9-17-12(18)8-16-13(17)10-4-6-11(15)7-5-10/h4-7,13,16H,8-9H2,1-3H3. The van der Waals surface area contributed by atoms with Crippen LogP contribution in [-0.2, 0) is 14.6 Å². The lowest BCUT2D eigenvalue weighted by atomic mass is 10.1. The van der Waals surface area contributed by atoms with Crippen LogP contribution in [0.3, 0.4) is 0 Å². The topological polar surface area (TPSA) is 66.5 Å². The van der Waals surface area contributed by atoms with E-state index in [1.807, 2.05) is 12.1 Å². The Labute approximate surface area is 130 Å². The minimum absolute atomic E-state index is 0.105. The summed E-state index contributed by atoms with van der Waals surface area (Å²) < 4.78 is 22.7. The Kier molecular flexibility index (Phi) is 4.33. The van der Waals surface area contributed by atoms with E-state index < -0.39 is 14.6 Å². The lowest BCUT2D eigenvalue weighted by Gasteiger charge is -2.32. The number of halogens is 1. The second kappa shape index (κ2) is 5.59. The minimum Gasteiger partial charge on any atom is -0.320 e. The van der Waals surface area contributed by atoms with Gasteiger partial charge in [0, 0.05) is 17.8 Å². The van der Waals surface area contributed by atoms with Crippen molar-refractivity contribution in [1.82, 2.24) is 10.2 Å². The van der Waals surface area contributed by atoms with Crippen LogP contribution in [0, 0.1) is 0 Å². The first-order chi connectivity index (χ1) is 9.62. The van der Waals surface area contributed by atoms with Gasteiger partial charge < -0.3 is 4.90 Å². The third-order valence-corrected chi connectivity index (χ3v) is 6.21. The fourth-order valence-corrected chi connectivity index (χ4v) is 2.69. The van der Waals surface area contributed by atoms with E-state index in [1.54, 1.807) is 30.9 Å². The van der Waals surface area contributed by atoms with E-state index >= 15 is 0 Å². The molecule has 1 heterocycles. The second-order valence-electron chi connectivity index (χ2n) is 5.89. The van der Waals surface area contributed by atoms with Gasteiger partial charge in [0.05, 0.1) is 11.3 Å². The van der Waals surface area contributed by atoms with E-state index in [4.69, 9.17) is 11.6 Å². The van der Waals surface area contributed by atoms with Gasteiger partial charge >= 0.3 is 0 Å². The maximum Gasteiger partial charge on any atom is 0.238 e. The quantitative estimate of drug-likeness (QED) is 0.910. The van der Waals surface area contributed by atoms with Crippen molar-refractivity contribution >= 4 is 27.3 Å². The molecule has 1 N–H and O–H groups in total. The molecule has 1 aliphatic heterocycles. The molecule has 21 heavy (non-hydrogen) atoms. The molecule has 1 aliphatic rings. The second-order valence-corrected chi connectivity index (χ2v) is 8.97. The molecule has 5 nitrogen and oxygen atoms in total. The van der Waals surface area contributed by atoms with Gasteiger partial charge in [0.15, 0.2) is 9.84 Å². The Hall–Kier alpha value is -1.11. The molecule has 116 valence electrons. The highest BCUT2D eigenvalue weighted by molar-refractivity contribution is 7.92. The van der Waals surface area contributed by atoms with Gasteiger partial charge in [0.25, 0.3) is 0 Å². The van der Waals surface area contributed by atoms with Crippen molar-refractivity contribution in [1.29, 1.82) is 0 Å². The third kappa shape index (κ3) is 3.39. The van der Waals surface area contributed by atoms with E-state index in [1.165, 1.54) is 6.26 Å². The highest BCUT2D eigenvalue weighted by Crippen LogP contribution is 2.27. The third-order valence-electron chi connectivity index (χ3n) is 3.82. The summed E-state index contributed by atoms with van der Waals surface area (Å²) in [7, 11) is -3.27. The van der Waals surface area contributed by atoms with Crippen LogP contribution in [0.15, 0.2) is 24.3 Å². The van der Waals surface area contributed by atoms with Crippen molar-refractivity contribution in [3.8, 4) is 0 Å². The van der Waals surface area contributed by atoms with Crippen molar-refractivity contribution in [2.24, 2.45) is 0 Å². The van der Waals surface area contributed by atoms with Gasteiger partial charge in [0.1, 0.15) is 6.17 Å². The Morgan fingerprint density at radius 2 is 1.90 bits per heavy atom. The molecule has 2 rings (SSSR count). The number of hydrogen-bond donors (Lipinski definition) is 1. The first-order valence-corrected chi connectivity index (χ1v) is 8.87. The average Bonchev–Trinajstić information content (AvgIpc) is 2.70. The monoisotopic (exact) mass is 330 g/mol. The van der Waals surface area contributed by atoms with Crippen LogP contribution in [-0.4, -0.2) is 43.3 Å². The van der Waals surface area contributed by atoms with E-state index in [9.17, 15) is 13.2 Å². The predicted octanol–water partition coefficient (Wildman–Crippen LogP) is 1.59. The number of carbonyl (C=O) groups excluding carboxylic acids is 1. The molecule has 1 aromatic rings. The van der Waals surface area contributed by atoms with Crippen LogP contribution >= 0.6 is 11.6 Å². The molecule has 1 fully saturated rings. The van der Waals surface area contributed by atoms with E-state index in [-0.39, 0.29) is 25.2 Å². The molecule has 0 spiro atoms. The highest BCUT2D eigenvalue weighted by atomic mass is 35.5. The number of benzene rings is 1. The minimum atomic E-state index is -3.27. The summed E-state index contributed by atoms with van der Waals surface area (Å²) in [6.07, 6.45) is 0.869. The first-order valence-electron chi connectivity index (χ1n) is 6.60. The maximum atomic E-state index is 12.1. The number of carbonyl (C=O) groups is 1. The maximum absolute atomic E-state index is 12.1. The molecule has 0 saturated carbocycles. The zero-order chi connectivity index (χ0) is 15.8. The van der Waals surface area contributed by atoms with Gasteiger partial charge in [-0.15, -0.1) is 0 Å². The van der Waals surface area contributed by atoms with Crippen LogP contribution in [0.5, 0.6) is 0 Å². The number of amides is 1. The Morgan fingerprint density at radius 3 is 2.43 bits per heavy atom. The van der Waals surface area contributed by atoms with Crippen LogP contribution in [0.2, 0.25) is 5.02 Å². The number of nitrogens with zero attached hydrogens (tertiary/aromatic N) is 1. The van der Waals surface area contributed by atoms with E-state index in [2.05, 4.69) is 5.32 Å². The first kappa shape index (κ1) is 16.3. The number of rotatable bonds is 4. The van der Waals surface area contributed by atoms with Crippen molar-refractivity contribution in [2.45, 2.75) is 24.8 Å². The molecule has 1 atom stereocenters. The molecular weight excluding hydrogens is 312 g/mol. The van der Waals surface area contributed by atoms with Gasteiger partial charge in [-0.1, -0.05) is 23.7 Å². The van der Waals surface area contributed by atoms with Crippen molar-refractivity contribution in [2.75, 3.05) is 19.3 Å².